The Morgan fingerprint density at radius 1 is 1.41 bits per heavy atom. The van der Waals surface area contributed by atoms with Crippen molar-refractivity contribution >= 4 is 17.5 Å². The Bertz CT molecular complexity index is 566. The van der Waals surface area contributed by atoms with Crippen molar-refractivity contribution < 1.29 is 14.3 Å². The third kappa shape index (κ3) is 2.81. The van der Waals surface area contributed by atoms with Crippen molar-refractivity contribution in [1.82, 2.24) is 9.80 Å². The Morgan fingerprint density at radius 3 is 3.00 bits per heavy atom. The van der Waals surface area contributed by atoms with Gasteiger partial charge >= 0.3 is 0 Å². The van der Waals surface area contributed by atoms with E-state index in [-0.39, 0.29) is 18.1 Å². The zero-order valence-corrected chi connectivity index (χ0v) is 13.7. The second-order valence-corrected chi connectivity index (χ2v) is 6.25. The van der Waals surface area contributed by atoms with Crippen LogP contribution in [0.3, 0.4) is 0 Å². The van der Waals surface area contributed by atoms with Crippen molar-refractivity contribution in [2.24, 2.45) is 0 Å². The minimum atomic E-state index is -0.0731. The number of hydrogen-bond acceptors (Lipinski definition) is 4. The molecular formula is C16H21ClN2O3. The highest BCUT2D eigenvalue weighted by Gasteiger charge is 2.39. The van der Waals surface area contributed by atoms with Crippen LogP contribution in [0.25, 0.3) is 0 Å². The minimum Gasteiger partial charge on any atom is -0.496 e. The number of nitrogens with zero attached hydrogens (tertiary/aromatic N) is 2. The Balaban J connectivity index is 1.91. The molecule has 0 aromatic heterocycles. The van der Waals surface area contributed by atoms with Crippen molar-refractivity contribution in [3.8, 4) is 5.75 Å². The molecule has 22 heavy (non-hydrogen) atoms. The molecule has 0 radical (unpaired) electrons. The largest absolute Gasteiger partial charge is 0.496 e. The first-order valence-electron chi connectivity index (χ1n) is 7.55. The summed E-state index contributed by atoms with van der Waals surface area (Å²) < 4.78 is 11.2. The van der Waals surface area contributed by atoms with E-state index < -0.39 is 0 Å². The lowest BCUT2D eigenvalue weighted by Crippen LogP contribution is -2.60. The standard InChI is InChI=1S/C16H21ClN2O3/c1-18-7-6-13-12(10-18)19(8-9-22-13)16(20)15-11(17)4-3-5-14(15)21-2/h3-5,12-13H,6-10H2,1-2H3/t12-,13+/m1/s1. The van der Waals surface area contributed by atoms with Gasteiger partial charge in [-0.25, -0.2) is 0 Å². The van der Waals surface area contributed by atoms with Gasteiger partial charge in [0.05, 0.1) is 30.9 Å². The van der Waals surface area contributed by atoms with Gasteiger partial charge in [-0.15, -0.1) is 0 Å². The van der Waals surface area contributed by atoms with Crippen LogP contribution in [0.5, 0.6) is 5.75 Å². The Hall–Kier alpha value is -1.30. The number of likely N-dealkylation sites (tertiary alicyclic amines) is 1. The molecule has 2 atom stereocenters. The molecule has 0 N–H and O–H groups in total. The summed E-state index contributed by atoms with van der Waals surface area (Å²) >= 11 is 6.26. The maximum absolute atomic E-state index is 13.0. The topological polar surface area (TPSA) is 42.0 Å². The van der Waals surface area contributed by atoms with Crippen LogP contribution in [0.15, 0.2) is 18.2 Å². The molecule has 1 aromatic rings. The molecule has 6 heteroatoms. The van der Waals surface area contributed by atoms with Crippen molar-refractivity contribution in [2.45, 2.75) is 18.6 Å². The number of fused-ring (bicyclic) bond motifs is 1. The third-order valence-electron chi connectivity index (χ3n) is 4.46. The highest BCUT2D eigenvalue weighted by molar-refractivity contribution is 6.34. The summed E-state index contributed by atoms with van der Waals surface area (Å²) in [7, 11) is 3.63. The summed E-state index contributed by atoms with van der Waals surface area (Å²) in [4.78, 5) is 17.2. The van der Waals surface area contributed by atoms with Gasteiger partial charge in [-0.2, -0.15) is 0 Å². The van der Waals surface area contributed by atoms with E-state index in [1.807, 2.05) is 4.90 Å². The Morgan fingerprint density at radius 2 is 2.23 bits per heavy atom. The van der Waals surface area contributed by atoms with Crippen LogP contribution in [0.4, 0.5) is 0 Å². The number of rotatable bonds is 2. The number of morpholine rings is 1. The van der Waals surface area contributed by atoms with Gasteiger partial charge in [0.2, 0.25) is 0 Å². The molecule has 0 bridgehead atoms. The molecule has 0 unspecified atom stereocenters. The molecular weight excluding hydrogens is 304 g/mol. The van der Waals surface area contributed by atoms with Gasteiger partial charge in [0.1, 0.15) is 11.3 Å². The molecule has 2 aliphatic rings. The molecule has 2 fully saturated rings. The van der Waals surface area contributed by atoms with Crippen LogP contribution in [0.2, 0.25) is 5.02 Å². The number of benzene rings is 1. The van der Waals surface area contributed by atoms with Gasteiger partial charge in [0, 0.05) is 19.6 Å². The number of methoxy groups -OCH3 is 1. The van der Waals surface area contributed by atoms with Gasteiger partial charge in [-0.1, -0.05) is 17.7 Å². The number of carbonyl (C=O) groups is 1. The third-order valence-corrected chi connectivity index (χ3v) is 4.77. The molecule has 2 heterocycles. The van der Waals surface area contributed by atoms with Gasteiger partial charge in [0.25, 0.3) is 5.91 Å². The average Bonchev–Trinajstić information content (AvgIpc) is 2.53. The number of halogens is 1. The van der Waals surface area contributed by atoms with E-state index in [1.165, 1.54) is 0 Å². The molecule has 5 nitrogen and oxygen atoms in total. The molecule has 0 spiro atoms. The predicted octanol–water partition coefficient (Wildman–Crippen LogP) is 1.89. The minimum absolute atomic E-state index is 0.0704. The van der Waals surface area contributed by atoms with Crippen LogP contribution in [0.1, 0.15) is 16.8 Å². The zero-order valence-electron chi connectivity index (χ0n) is 12.9. The summed E-state index contributed by atoms with van der Waals surface area (Å²) in [6.07, 6.45) is 1.06. The fourth-order valence-corrected chi connectivity index (χ4v) is 3.55. The first-order valence-corrected chi connectivity index (χ1v) is 7.93. The molecule has 0 saturated carbocycles. The van der Waals surface area contributed by atoms with Crippen molar-refractivity contribution in [3.05, 3.63) is 28.8 Å². The lowest BCUT2D eigenvalue weighted by atomic mass is 9.98. The van der Waals surface area contributed by atoms with Gasteiger partial charge in [-0.3, -0.25) is 4.79 Å². The number of piperidine rings is 1. The summed E-state index contributed by atoms with van der Waals surface area (Å²) in [6, 6.07) is 5.35. The number of carbonyl (C=O) groups excluding carboxylic acids is 1. The first kappa shape index (κ1) is 15.6. The van der Waals surface area contributed by atoms with Crippen LogP contribution in [0, 0.1) is 0 Å². The number of ether oxygens (including phenoxy) is 2. The predicted molar refractivity (Wildman–Crippen MR) is 84.7 cm³/mol. The molecule has 1 amide bonds. The maximum atomic E-state index is 13.0. The maximum Gasteiger partial charge on any atom is 0.259 e. The van der Waals surface area contributed by atoms with E-state index in [0.717, 1.165) is 19.5 Å². The van der Waals surface area contributed by atoms with Crippen LogP contribution < -0.4 is 4.74 Å². The molecule has 2 saturated heterocycles. The lowest BCUT2D eigenvalue weighted by Gasteiger charge is -2.46. The second-order valence-electron chi connectivity index (χ2n) is 5.84. The first-order chi connectivity index (χ1) is 10.6. The molecule has 2 aliphatic heterocycles. The van der Waals surface area contributed by atoms with E-state index >= 15 is 0 Å². The lowest BCUT2D eigenvalue weighted by molar-refractivity contribution is -0.0870. The van der Waals surface area contributed by atoms with Crippen molar-refractivity contribution in [3.63, 3.8) is 0 Å². The van der Waals surface area contributed by atoms with Gasteiger partial charge in [0.15, 0.2) is 0 Å². The SMILES string of the molecule is COc1cccc(Cl)c1C(=O)N1CCO[C@H]2CCN(C)C[C@H]21. The molecule has 0 aliphatic carbocycles. The Kier molecular flexibility index (Phi) is 4.57. The zero-order chi connectivity index (χ0) is 15.7. The summed E-state index contributed by atoms with van der Waals surface area (Å²) in [6.45, 7) is 2.98. The summed E-state index contributed by atoms with van der Waals surface area (Å²) in [5.74, 6) is 0.445. The van der Waals surface area contributed by atoms with E-state index in [0.29, 0.717) is 29.5 Å². The Labute approximate surface area is 135 Å². The smallest absolute Gasteiger partial charge is 0.259 e. The average molecular weight is 325 g/mol. The highest BCUT2D eigenvalue weighted by atomic mass is 35.5. The molecule has 3 rings (SSSR count). The normalized spacial score (nSPS) is 25.7. The summed E-state index contributed by atoms with van der Waals surface area (Å²) in [5, 5.41) is 0.427. The number of hydrogen-bond donors (Lipinski definition) is 0. The number of likely N-dealkylation sites (N-methyl/N-ethyl adjacent to an activating group) is 1. The van der Waals surface area contributed by atoms with E-state index in [9.17, 15) is 4.79 Å². The van der Waals surface area contributed by atoms with Gasteiger partial charge in [-0.05, 0) is 25.6 Å². The van der Waals surface area contributed by atoms with Crippen LogP contribution in [-0.2, 0) is 4.74 Å². The second kappa shape index (κ2) is 6.44. The molecule has 1 aromatic carbocycles. The van der Waals surface area contributed by atoms with Crippen LogP contribution in [-0.4, -0.2) is 68.3 Å². The van der Waals surface area contributed by atoms with Gasteiger partial charge < -0.3 is 19.3 Å². The quantitative estimate of drug-likeness (QED) is 0.833. The number of amides is 1. The van der Waals surface area contributed by atoms with E-state index in [1.54, 1.807) is 25.3 Å². The molecule has 120 valence electrons. The van der Waals surface area contributed by atoms with Crippen molar-refractivity contribution in [1.29, 1.82) is 0 Å². The highest BCUT2D eigenvalue weighted by Crippen LogP contribution is 2.31. The fourth-order valence-electron chi connectivity index (χ4n) is 3.31. The van der Waals surface area contributed by atoms with E-state index in [4.69, 9.17) is 21.1 Å². The summed E-state index contributed by atoms with van der Waals surface area (Å²) in [5.41, 5.74) is 0.445. The van der Waals surface area contributed by atoms with E-state index in [2.05, 4.69) is 11.9 Å². The fraction of sp³-hybridized carbons (Fsp3) is 0.562. The monoisotopic (exact) mass is 324 g/mol. The van der Waals surface area contributed by atoms with Crippen LogP contribution >= 0.6 is 11.6 Å². The van der Waals surface area contributed by atoms with Crippen molar-refractivity contribution in [2.75, 3.05) is 40.4 Å².